The van der Waals surface area contributed by atoms with E-state index < -0.39 is 0 Å². The number of rotatable bonds is 13. The largest absolute Gasteiger partial charge is 0.310 e. The maximum Gasteiger partial charge on any atom is 0.252 e. The lowest BCUT2D eigenvalue weighted by atomic mass is 9.34. The summed E-state index contributed by atoms with van der Waals surface area (Å²) in [5, 5.41) is 5.43. The summed E-state index contributed by atoms with van der Waals surface area (Å²) < 4.78 is 5.52. The van der Waals surface area contributed by atoms with Gasteiger partial charge in [-0.25, -0.2) is 9.97 Å². The summed E-state index contributed by atoms with van der Waals surface area (Å²) >= 11 is 0. The van der Waals surface area contributed by atoms with E-state index in [4.69, 9.17) is 9.97 Å². The van der Waals surface area contributed by atoms with Crippen LogP contribution in [0.2, 0.25) is 0 Å². The number of hydrogen-bond donors (Lipinski definition) is 0. The van der Waals surface area contributed by atoms with Crippen molar-refractivity contribution in [1.82, 2.24) is 19.1 Å². The molecule has 2 saturated carbocycles. The van der Waals surface area contributed by atoms with Gasteiger partial charge < -0.3 is 9.13 Å². The normalized spacial score (nSPS) is 14.0. The Kier molecular flexibility index (Phi) is 15.9. The molecule has 3 aromatic heterocycles. The van der Waals surface area contributed by atoms with Crippen molar-refractivity contribution in [2.45, 2.75) is 76.0 Å². The molecule has 0 atom stereocenters. The van der Waals surface area contributed by atoms with Gasteiger partial charge in [-0.15, -0.1) is 0 Å². The highest BCUT2D eigenvalue weighted by molar-refractivity contribution is 7.00. The third kappa shape index (κ3) is 11.1. The van der Waals surface area contributed by atoms with Crippen molar-refractivity contribution in [1.29, 1.82) is 0 Å². The highest BCUT2D eigenvalue weighted by Gasteiger charge is 2.44. The summed E-state index contributed by atoms with van der Waals surface area (Å²) in [5.74, 6) is 1.49. The zero-order chi connectivity index (χ0) is 73.0. The molecular weight excluding hydrogens is 1340 g/mol. The van der Waals surface area contributed by atoms with E-state index in [9.17, 15) is 0 Å². The Labute approximate surface area is 648 Å². The van der Waals surface area contributed by atoms with Crippen LogP contribution in [0.1, 0.15) is 87.2 Å². The minimum Gasteiger partial charge on any atom is -0.310 e. The molecule has 2 fully saturated rings. The van der Waals surface area contributed by atoms with Crippen LogP contribution in [0.15, 0.2) is 346 Å². The Balaban J connectivity index is 0.916. The van der Waals surface area contributed by atoms with Crippen molar-refractivity contribution in [2.24, 2.45) is 0 Å². The average molecular weight is 1420 g/mol. The Bertz CT molecular complexity index is 6150. The molecule has 2 aliphatic heterocycles. The molecule has 4 nitrogen and oxygen atoms in total. The van der Waals surface area contributed by atoms with Gasteiger partial charge in [0.25, 0.3) is 6.71 Å². The van der Waals surface area contributed by atoms with E-state index in [0.29, 0.717) is 17.7 Å². The molecule has 5 heterocycles. The number of hydrogen-bond acceptors (Lipinski definition) is 2. The first-order chi connectivity index (χ1) is 55.0. The molecule has 0 radical (unpaired) electrons. The van der Waals surface area contributed by atoms with Crippen molar-refractivity contribution >= 4 is 66.7 Å². The molecule has 15 aromatic carbocycles. The summed E-state index contributed by atoms with van der Waals surface area (Å²) in [4.78, 5) is 12.2. The molecule has 4 aliphatic rings. The molecule has 2 aliphatic carbocycles. The maximum absolute atomic E-state index is 6.11. The van der Waals surface area contributed by atoms with Crippen LogP contribution < -0.4 is 16.4 Å². The van der Waals surface area contributed by atoms with Gasteiger partial charge in [0.1, 0.15) is 0 Å². The number of aromatic nitrogens is 4. The van der Waals surface area contributed by atoms with Gasteiger partial charge in [0.05, 0.1) is 22.4 Å². The van der Waals surface area contributed by atoms with Crippen LogP contribution in [0.3, 0.4) is 0 Å². The molecular formula is C106H79BN4. The first-order valence-electron chi connectivity index (χ1n) is 40.2. The molecule has 0 amide bonds. The standard InChI is InChI=1S/C106H79BN4/c1-11-31-68(32-12-1)78-55-79(69-33-13-2-14-34-69)58-84(57-78)93-67-94(85-59-80(70-35-15-3-16-36-70)56-81(60-85)71-37-17-4-18-38-71)109-106(108-93)86-65-97-103-98(66-86)111-96-64-83(73-41-21-6-22-42-73)62-90(77-49-29-10-30-50-77)100(96)102-88(75-45-25-8-26-46-75)52-54-92(105(102)111)107(103)91-53-51-87(74-43-23-7-24-44-74)101-99-89(76-47-27-9-28-48-76)61-82(72-39-19-5-20-40-72)63-95(99)110(97)104(91)101/h1-6,9-22,27-42,47-67,74-75H,7-8,23-26,43-46H2. The molecule has 0 unspecified atom stereocenters. The monoisotopic (exact) mass is 1420 g/mol. The van der Waals surface area contributed by atoms with Gasteiger partial charge in [-0.3, -0.25) is 0 Å². The molecule has 111 heavy (non-hydrogen) atoms. The van der Waals surface area contributed by atoms with Gasteiger partial charge in [0, 0.05) is 60.6 Å². The fourth-order valence-electron chi connectivity index (χ4n) is 19.9. The van der Waals surface area contributed by atoms with Gasteiger partial charge in [0.2, 0.25) is 0 Å². The SMILES string of the molecule is c1ccc(-c2cc(-c3ccccc3)cc(-c3cc(-c4cc(-c5ccccc5)cc(-c5ccccc5)c4)nc(-c4cc5c6c(c4)-n4c7cc(-c8ccccc8)cc(-c8ccccc8)c7c7c(C8CCCCC8)ccc(c74)B6c4ccc(C6CCCCC6)c6c7c(-c8ccccc8)cc(-c8ccccc8)cc7n-5c46)n3)c2)cc1. The van der Waals surface area contributed by atoms with E-state index >= 15 is 0 Å². The van der Waals surface area contributed by atoms with Crippen LogP contribution in [0, 0.1) is 0 Å². The van der Waals surface area contributed by atoms with Crippen LogP contribution in [-0.4, -0.2) is 25.8 Å². The summed E-state index contributed by atoms with van der Waals surface area (Å²) in [6, 6.07) is 130. The average Bonchev–Trinajstić information content (AvgIpc) is 1.52. The Morgan fingerprint density at radius 3 is 0.865 bits per heavy atom. The molecule has 22 rings (SSSR count). The fourth-order valence-corrected chi connectivity index (χ4v) is 19.9. The predicted molar refractivity (Wildman–Crippen MR) is 467 cm³/mol. The van der Waals surface area contributed by atoms with Crippen molar-refractivity contribution in [3.63, 3.8) is 0 Å². The second kappa shape index (κ2) is 27.0. The van der Waals surface area contributed by atoms with Gasteiger partial charge >= 0.3 is 0 Å². The van der Waals surface area contributed by atoms with E-state index in [1.54, 1.807) is 0 Å². The molecule has 18 aromatic rings. The van der Waals surface area contributed by atoms with Crippen molar-refractivity contribution in [3.8, 4) is 134 Å². The van der Waals surface area contributed by atoms with Gasteiger partial charge in [-0.1, -0.05) is 305 Å². The third-order valence-electron chi connectivity index (χ3n) is 25.0. The Hall–Kier alpha value is -13.0. The maximum atomic E-state index is 6.11. The number of benzene rings is 15. The van der Waals surface area contributed by atoms with E-state index in [2.05, 4.69) is 355 Å². The highest BCUT2D eigenvalue weighted by Crippen LogP contribution is 2.52. The molecule has 0 saturated heterocycles. The van der Waals surface area contributed by atoms with Crippen molar-refractivity contribution < 1.29 is 0 Å². The lowest BCUT2D eigenvalue weighted by Gasteiger charge is -2.35. The minimum atomic E-state index is -0.136. The van der Waals surface area contributed by atoms with Gasteiger partial charge in [-0.2, -0.15) is 0 Å². The van der Waals surface area contributed by atoms with Crippen molar-refractivity contribution in [2.75, 3.05) is 0 Å². The first kappa shape index (κ1) is 65.2. The van der Waals surface area contributed by atoms with Crippen LogP contribution in [-0.2, 0) is 0 Å². The summed E-state index contributed by atoms with van der Waals surface area (Å²) in [7, 11) is 0. The van der Waals surface area contributed by atoms with Gasteiger partial charge in [-0.05, 0) is 233 Å². The quantitative estimate of drug-likeness (QED) is 0.108. The predicted octanol–water partition coefficient (Wildman–Crippen LogP) is 26.2. The van der Waals surface area contributed by atoms with Gasteiger partial charge in [0.15, 0.2) is 5.82 Å². The molecule has 526 valence electrons. The van der Waals surface area contributed by atoms with Crippen LogP contribution in [0.25, 0.3) is 178 Å². The molecule has 5 heteroatoms. The zero-order valence-electron chi connectivity index (χ0n) is 62.0. The summed E-state index contributed by atoms with van der Waals surface area (Å²) in [6.07, 6.45) is 12.2. The number of fused-ring (bicyclic) bond motifs is 10. The smallest absolute Gasteiger partial charge is 0.252 e. The first-order valence-corrected chi connectivity index (χ1v) is 40.2. The highest BCUT2D eigenvalue weighted by atomic mass is 15.0. The summed E-state index contributed by atoms with van der Waals surface area (Å²) in [6.45, 7) is -0.136. The number of nitrogens with zero attached hydrogens (tertiary/aromatic N) is 4. The van der Waals surface area contributed by atoms with Crippen molar-refractivity contribution in [3.05, 3.63) is 357 Å². The van der Waals surface area contributed by atoms with Crippen LogP contribution in [0.5, 0.6) is 0 Å². The lowest BCUT2D eigenvalue weighted by molar-refractivity contribution is 0.445. The Morgan fingerprint density at radius 1 is 0.243 bits per heavy atom. The fraction of sp³-hybridized carbons (Fsp3) is 0.113. The topological polar surface area (TPSA) is 35.6 Å². The zero-order valence-corrected chi connectivity index (χ0v) is 62.0. The van der Waals surface area contributed by atoms with E-state index in [0.717, 1.165) is 84.0 Å². The van der Waals surface area contributed by atoms with Crippen LogP contribution >= 0.6 is 0 Å². The second-order valence-corrected chi connectivity index (χ2v) is 31.5. The third-order valence-corrected chi connectivity index (χ3v) is 25.0. The molecule has 0 spiro atoms. The van der Waals surface area contributed by atoms with E-state index in [1.807, 2.05) is 0 Å². The minimum absolute atomic E-state index is 0.136. The second-order valence-electron chi connectivity index (χ2n) is 31.5. The van der Waals surface area contributed by atoms with Crippen LogP contribution in [0.4, 0.5) is 0 Å². The molecule has 0 N–H and O–H groups in total. The van der Waals surface area contributed by atoms with E-state index in [1.165, 1.54) is 180 Å². The Morgan fingerprint density at radius 2 is 0.541 bits per heavy atom. The summed E-state index contributed by atoms with van der Waals surface area (Å²) in [5.41, 5.74) is 37.8. The molecule has 0 bridgehead atoms. The lowest BCUT2D eigenvalue weighted by Crippen LogP contribution is -2.59. The van der Waals surface area contributed by atoms with E-state index in [-0.39, 0.29) is 6.71 Å².